The third kappa shape index (κ3) is 3.64. The van der Waals surface area contributed by atoms with Gasteiger partial charge in [-0.15, -0.1) is 0 Å². The van der Waals surface area contributed by atoms with Crippen molar-refractivity contribution in [2.24, 2.45) is 11.7 Å². The van der Waals surface area contributed by atoms with Gasteiger partial charge in [0.2, 0.25) is 0 Å². The zero-order chi connectivity index (χ0) is 15.0. The fourth-order valence-corrected chi connectivity index (χ4v) is 2.94. The molecule has 0 heterocycles. The molecule has 0 aromatic heterocycles. The molecule has 0 aliphatic heterocycles. The van der Waals surface area contributed by atoms with Crippen LogP contribution in [0.5, 0.6) is 0 Å². The van der Waals surface area contributed by atoms with Gasteiger partial charge in [0.25, 0.3) is 0 Å². The molecular formula is C14H16ClF4N. The number of halogens is 5. The van der Waals surface area contributed by atoms with Gasteiger partial charge < -0.3 is 5.73 Å². The van der Waals surface area contributed by atoms with E-state index in [9.17, 15) is 17.6 Å². The molecule has 2 N–H and O–H groups in total. The average Bonchev–Trinajstić information content (AvgIpc) is 2.33. The SMILES string of the molecule is NC1(Cc2cc(F)ccc2Cl)CCC(C(F)(F)F)CC1. The van der Waals surface area contributed by atoms with Crippen molar-refractivity contribution in [3.05, 3.63) is 34.6 Å². The number of nitrogens with two attached hydrogens (primary N) is 1. The molecule has 6 heteroatoms. The molecule has 20 heavy (non-hydrogen) atoms. The van der Waals surface area contributed by atoms with Gasteiger partial charge in [-0.3, -0.25) is 0 Å². The van der Waals surface area contributed by atoms with Crippen LogP contribution in [0.25, 0.3) is 0 Å². The molecule has 2 rings (SSSR count). The van der Waals surface area contributed by atoms with Gasteiger partial charge in [-0.2, -0.15) is 13.2 Å². The van der Waals surface area contributed by atoms with Crippen molar-refractivity contribution in [3.8, 4) is 0 Å². The van der Waals surface area contributed by atoms with E-state index in [-0.39, 0.29) is 25.7 Å². The van der Waals surface area contributed by atoms with Crippen LogP contribution in [0, 0.1) is 11.7 Å². The summed E-state index contributed by atoms with van der Waals surface area (Å²) in [5, 5.41) is 0.397. The molecule has 0 saturated heterocycles. The lowest BCUT2D eigenvalue weighted by Crippen LogP contribution is -2.47. The monoisotopic (exact) mass is 309 g/mol. The minimum Gasteiger partial charge on any atom is -0.325 e. The molecule has 0 spiro atoms. The van der Waals surface area contributed by atoms with Crippen molar-refractivity contribution < 1.29 is 17.6 Å². The van der Waals surface area contributed by atoms with E-state index in [1.165, 1.54) is 18.2 Å². The summed E-state index contributed by atoms with van der Waals surface area (Å²) in [5.74, 6) is -1.70. The van der Waals surface area contributed by atoms with E-state index in [4.69, 9.17) is 17.3 Å². The summed E-state index contributed by atoms with van der Waals surface area (Å²) in [5.41, 5.74) is 5.99. The molecule has 1 saturated carbocycles. The Bertz CT molecular complexity index is 479. The number of hydrogen-bond acceptors (Lipinski definition) is 1. The Morgan fingerprint density at radius 3 is 2.40 bits per heavy atom. The summed E-state index contributed by atoms with van der Waals surface area (Å²) in [4.78, 5) is 0. The van der Waals surface area contributed by atoms with Gasteiger partial charge in [0, 0.05) is 10.6 Å². The maximum atomic E-state index is 13.2. The normalized spacial score (nSPS) is 27.6. The van der Waals surface area contributed by atoms with Crippen LogP contribution >= 0.6 is 11.6 Å². The van der Waals surface area contributed by atoms with Gasteiger partial charge in [-0.1, -0.05) is 11.6 Å². The molecule has 1 aromatic carbocycles. The predicted octanol–water partition coefficient (Wildman–Crippen LogP) is 4.47. The third-order valence-corrected chi connectivity index (χ3v) is 4.36. The van der Waals surface area contributed by atoms with Gasteiger partial charge in [-0.25, -0.2) is 4.39 Å². The second-order valence-electron chi connectivity index (χ2n) is 5.59. The van der Waals surface area contributed by atoms with Gasteiger partial charge in [0.05, 0.1) is 5.92 Å². The summed E-state index contributed by atoms with van der Waals surface area (Å²) in [6.45, 7) is 0. The molecule has 1 nitrogen and oxygen atoms in total. The van der Waals surface area contributed by atoms with Crippen LogP contribution in [-0.4, -0.2) is 11.7 Å². The Morgan fingerprint density at radius 2 is 1.85 bits per heavy atom. The minimum atomic E-state index is -4.15. The zero-order valence-electron chi connectivity index (χ0n) is 10.8. The molecule has 1 fully saturated rings. The van der Waals surface area contributed by atoms with Crippen LogP contribution in [0.3, 0.4) is 0 Å². The van der Waals surface area contributed by atoms with E-state index < -0.39 is 23.5 Å². The molecule has 1 aliphatic rings. The summed E-state index contributed by atoms with van der Waals surface area (Å²) < 4.78 is 51.1. The molecule has 0 radical (unpaired) electrons. The number of rotatable bonds is 2. The number of hydrogen-bond donors (Lipinski definition) is 1. The summed E-state index contributed by atoms with van der Waals surface area (Å²) in [6.07, 6.45) is -3.28. The molecule has 0 unspecified atom stereocenters. The molecule has 112 valence electrons. The van der Waals surface area contributed by atoms with Crippen LogP contribution in [0.1, 0.15) is 31.2 Å². The second-order valence-corrected chi connectivity index (χ2v) is 6.00. The fraction of sp³-hybridized carbons (Fsp3) is 0.571. The van der Waals surface area contributed by atoms with Gasteiger partial charge in [-0.05, 0) is 55.9 Å². The highest BCUT2D eigenvalue weighted by Crippen LogP contribution is 2.41. The average molecular weight is 310 g/mol. The van der Waals surface area contributed by atoms with Crippen LogP contribution in [0.2, 0.25) is 5.02 Å². The standard InChI is InChI=1S/C14H16ClF4N/c15-12-2-1-11(16)7-9(12)8-13(20)5-3-10(4-6-13)14(17,18)19/h1-2,7,10H,3-6,8,20H2. The molecule has 0 amide bonds. The molecule has 0 bridgehead atoms. The number of alkyl halides is 3. The van der Waals surface area contributed by atoms with Crippen molar-refractivity contribution in [3.63, 3.8) is 0 Å². The van der Waals surface area contributed by atoms with E-state index in [1.54, 1.807) is 0 Å². The van der Waals surface area contributed by atoms with Crippen molar-refractivity contribution in [1.29, 1.82) is 0 Å². The Hall–Kier alpha value is -0.810. The van der Waals surface area contributed by atoms with Gasteiger partial charge in [0.15, 0.2) is 0 Å². The van der Waals surface area contributed by atoms with Crippen LogP contribution in [0.4, 0.5) is 17.6 Å². The first-order chi connectivity index (χ1) is 9.20. The van der Waals surface area contributed by atoms with Crippen LogP contribution < -0.4 is 5.73 Å². The van der Waals surface area contributed by atoms with Crippen LogP contribution in [-0.2, 0) is 6.42 Å². The molecule has 1 aromatic rings. The van der Waals surface area contributed by atoms with E-state index in [0.717, 1.165) is 0 Å². The van der Waals surface area contributed by atoms with Crippen molar-refractivity contribution in [1.82, 2.24) is 0 Å². The van der Waals surface area contributed by atoms with Crippen molar-refractivity contribution in [2.45, 2.75) is 43.8 Å². The molecular weight excluding hydrogens is 294 g/mol. The van der Waals surface area contributed by atoms with Gasteiger partial charge >= 0.3 is 6.18 Å². The lowest BCUT2D eigenvalue weighted by atomic mass is 9.74. The summed E-state index contributed by atoms with van der Waals surface area (Å²) >= 11 is 5.98. The Balaban J connectivity index is 2.05. The first kappa shape index (κ1) is 15.6. The lowest BCUT2D eigenvalue weighted by Gasteiger charge is -2.38. The Kier molecular flexibility index (Phi) is 4.30. The van der Waals surface area contributed by atoms with E-state index in [2.05, 4.69) is 0 Å². The van der Waals surface area contributed by atoms with Crippen LogP contribution in [0.15, 0.2) is 18.2 Å². The molecule has 1 aliphatic carbocycles. The first-order valence-corrected chi connectivity index (χ1v) is 6.87. The van der Waals surface area contributed by atoms with Crippen molar-refractivity contribution in [2.75, 3.05) is 0 Å². The second kappa shape index (κ2) is 5.53. The lowest BCUT2D eigenvalue weighted by molar-refractivity contribution is -0.184. The highest BCUT2D eigenvalue weighted by Gasteiger charge is 2.44. The summed E-state index contributed by atoms with van der Waals surface area (Å²) in [6, 6.07) is 3.99. The van der Waals surface area contributed by atoms with E-state index in [0.29, 0.717) is 17.0 Å². The quantitative estimate of drug-likeness (QED) is 0.801. The smallest absolute Gasteiger partial charge is 0.325 e. The molecule has 0 atom stereocenters. The highest BCUT2D eigenvalue weighted by atomic mass is 35.5. The Labute approximate surface area is 120 Å². The first-order valence-electron chi connectivity index (χ1n) is 6.49. The summed E-state index contributed by atoms with van der Waals surface area (Å²) in [7, 11) is 0. The Morgan fingerprint density at radius 1 is 1.25 bits per heavy atom. The maximum Gasteiger partial charge on any atom is 0.391 e. The van der Waals surface area contributed by atoms with Gasteiger partial charge in [0.1, 0.15) is 5.82 Å². The minimum absolute atomic E-state index is 0.0208. The third-order valence-electron chi connectivity index (χ3n) is 3.99. The largest absolute Gasteiger partial charge is 0.391 e. The van der Waals surface area contributed by atoms with E-state index >= 15 is 0 Å². The zero-order valence-corrected chi connectivity index (χ0v) is 11.6. The van der Waals surface area contributed by atoms with E-state index in [1.807, 2.05) is 0 Å². The highest BCUT2D eigenvalue weighted by molar-refractivity contribution is 6.31. The topological polar surface area (TPSA) is 26.0 Å². The predicted molar refractivity (Wildman–Crippen MR) is 70.0 cm³/mol. The fourth-order valence-electron chi connectivity index (χ4n) is 2.75. The number of benzene rings is 1. The van der Waals surface area contributed by atoms with Crippen molar-refractivity contribution >= 4 is 11.6 Å². The maximum absolute atomic E-state index is 13.2.